The van der Waals surface area contributed by atoms with E-state index in [1.54, 1.807) is 0 Å². The van der Waals surface area contributed by atoms with Gasteiger partial charge in [0.25, 0.3) is 0 Å². The highest BCUT2D eigenvalue weighted by molar-refractivity contribution is 5.37. The van der Waals surface area contributed by atoms with Crippen molar-refractivity contribution in [1.82, 2.24) is 24.6 Å². The van der Waals surface area contributed by atoms with E-state index >= 15 is 0 Å². The molecule has 0 saturated carbocycles. The van der Waals surface area contributed by atoms with Gasteiger partial charge < -0.3 is 9.09 Å². The number of likely N-dealkylation sites (tertiary alicyclic amines) is 1. The minimum Gasteiger partial charge on any atom is -0.338 e. The van der Waals surface area contributed by atoms with E-state index in [2.05, 4.69) is 81.3 Å². The highest BCUT2D eigenvalue weighted by Crippen LogP contribution is 2.30. The third kappa shape index (κ3) is 5.06. The molecular weight excluding hydrogens is 410 g/mol. The van der Waals surface area contributed by atoms with Crippen LogP contribution in [0.25, 0.3) is 0 Å². The van der Waals surface area contributed by atoms with Crippen molar-refractivity contribution in [3.8, 4) is 0 Å². The van der Waals surface area contributed by atoms with E-state index < -0.39 is 0 Å². The van der Waals surface area contributed by atoms with Crippen LogP contribution in [0.2, 0.25) is 0 Å². The molecule has 1 atom stereocenters. The third-order valence-electron chi connectivity index (χ3n) is 6.72. The molecule has 6 heteroatoms. The maximum absolute atomic E-state index is 5.79. The van der Waals surface area contributed by atoms with Gasteiger partial charge in [0.1, 0.15) is 5.82 Å². The van der Waals surface area contributed by atoms with Crippen molar-refractivity contribution < 1.29 is 4.52 Å². The fourth-order valence-corrected chi connectivity index (χ4v) is 4.93. The zero-order valence-corrected chi connectivity index (χ0v) is 19.2. The minimum atomic E-state index is -0.0359. The molecule has 5 rings (SSSR count). The zero-order valence-electron chi connectivity index (χ0n) is 19.2. The summed E-state index contributed by atoms with van der Waals surface area (Å²) < 4.78 is 8.03. The number of aryl methyl sites for hydroxylation is 2. The Labute approximate surface area is 195 Å². The van der Waals surface area contributed by atoms with Gasteiger partial charge in [0, 0.05) is 25.0 Å². The summed E-state index contributed by atoms with van der Waals surface area (Å²) in [5.74, 6) is 2.47. The summed E-state index contributed by atoms with van der Waals surface area (Å²) in [5.41, 5.74) is 2.34. The molecule has 33 heavy (non-hydrogen) atoms. The molecule has 1 aliphatic heterocycles. The second-order valence-electron chi connectivity index (χ2n) is 8.88. The van der Waals surface area contributed by atoms with Crippen LogP contribution in [0.15, 0.2) is 77.6 Å². The van der Waals surface area contributed by atoms with E-state index in [-0.39, 0.29) is 5.92 Å². The van der Waals surface area contributed by atoms with Crippen LogP contribution in [0, 0.1) is 6.92 Å². The number of benzene rings is 2. The van der Waals surface area contributed by atoms with E-state index in [4.69, 9.17) is 9.51 Å². The molecule has 4 aromatic rings. The average Bonchev–Trinajstić information content (AvgIpc) is 3.49. The van der Waals surface area contributed by atoms with Crippen LogP contribution in [0.4, 0.5) is 0 Å². The Kier molecular flexibility index (Phi) is 6.63. The molecule has 0 aliphatic carbocycles. The van der Waals surface area contributed by atoms with Gasteiger partial charge in [0.05, 0.1) is 12.5 Å². The van der Waals surface area contributed by atoms with Gasteiger partial charge in [0.2, 0.25) is 5.89 Å². The van der Waals surface area contributed by atoms with Crippen molar-refractivity contribution in [2.75, 3.05) is 6.54 Å². The Hall–Kier alpha value is -3.25. The predicted molar refractivity (Wildman–Crippen MR) is 128 cm³/mol. The van der Waals surface area contributed by atoms with Gasteiger partial charge in [-0.25, -0.2) is 4.98 Å². The van der Waals surface area contributed by atoms with Gasteiger partial charge in [-0.05, 0) is 43.9 Å². The maximum atomic E-state index is 5.79. The highest BCUT2D eigenvalue weighted by atomic mass is 16.5. The standard InChI is InChI=1S/C27H31N5O/c1-21-28-16-19-31(21)18-15-24-14-8-9-17-32(24)20-25-29-27(30-33-25)26(22-10-4-2-5-11-22)23-12-6-3-7-13-23/h2-7,10-13,16,19,24,26H,8-9,14-15,17-18,20H2,1H3/t24-/m0/s1. The lowest BCUT2D eigenvalue weighted by molar-refractivity contribution is 0.113. The van der Waals surface area contributed by atoms with Crippen LogP contribution in [-0.4, -0.2) is 37.2 Å². The summed E-state index contributed by atoms with van der Waals surface area (Å²) in [6, 6.07) is 21.4. The van der Waals surface area contributed by atoms with Crippen LogP contribution < -0.4 is 0 Å². The largest absolute Gasteiger partial charge is 0.338 e. The first-order chi connectivity index (χ1) is 16.3. The van der Waals surface area contributed by atoms with E-state index in [0.29, 0.717) is 18.5 Å². The summed E-state index contributed by atoms with van der Waals surface area (Å²) in [7, 11) is 0. The van der Waals surface area contributed by atoms with E-state index in [1.807, 2.05) is 18.3 Å². The number of rotatable bonds is 8. The summed E-state index contributed by atoms with van der Waals surface area (Å²) in [5, 5.41) is 4.43. The van der Waals surface area contributed by atoms with Crippen molar-refractivity contribution in [2.24, 2.45) is 0 Å². The fraction of sp³-hybridized carbons (Fsp3) is 0.370. The maximum Gasteiger partial charge on any atom is 0.240 e. The molecule has 6 nitrogen and oxygen atoms in total. The van der Waals surface area contributed by atoms with E-state index in [1.165, 1.54) is 30.4 Å². The molecule has 1 aliphatic rings. The Morgan fingerprint density at radius 3 is 2.39 bits per heavy atom. The lowest BCUT2D eigenvalue weighted by Crippen LogP contribution is -2.39. The summed E-state index contributed by atoms with van der Waals surface area (Å²) in [6.45, 7) is 4.84. The van der Waals surface area contributed by atoms with Gasteiger partial charge >= 0.3 is 0 Å². The van der Waals surface area contributed by atoms with Crippen LogP contribution in [0.5, 0.6) is 0 Å². The van der Waals surface area contributed by atoms with Gasteiger partial charge in [-0.3, -0.25) is 4.90 Å². The number of aromatic nitrogens is 4. The second kappa shape index (κ2) is 10.1. The first-order valence-corrected chi connectivity index (χ1v) is 11.9. The molecule has 3 heterocycles. The molecule has 2 aromatic heterocycles. The smallest absolute Gasteiger partial charge is 0.240 e. The van der Waals surface area contributed by atoms with Crippen molar-refractivity contribution in [1.29, 1.82) is 0 Å². The van der Waals surface area contributed by atoms with Gasteiger partial charge in [-0.15, -0.1) is 0 Å². The molecular formula is C27H31N5O. The van der Waals surface area contributed by atoms with Gasteiger partial charge in [-0.2, -0.15) is 4.98 Å². The predicted octanol–water partition coefficient (Wildman–Crippen LogP) is 5.20. The Morgan fingerprint density at radius 2 is 1.73 bits per heavy atom. The Morgan fingerprint density at radius 1 is 1.00 bits per heavy atom. The third-order valence-corrected chi connectivity index (χ3v) is 6.72. The monoisotopic (exact) mass is 441 g/mol. The number of hydrogen-bond donors (Lipinski definition) is 0. The normalized spacial score (nSPS) is 17.0. The zero-order chi connectivity index (χ0) is 22.5. The minimum absolute atomic E-state index is 0.0359. The van der Waals surface area contributed by atoms with Crippen LogP contribution in [-0.2, 0) is 13.1 Å². The highest BCUT2D eigenvalue weighted by Gasteiger charge is 2.26. The Balaban J connectivity index is 1.33. The lowest BCUT2D eigenvalue weighted by Gasteiger charge is -2.34. The summed E-state index contributed by atoms with van der Waals surface area (Å²) in [4.78, 5) is 11.8. The summed E-state index contributed by atoms with van der Waals surface area (Å²) >= 11 is 0. The van der Waals surface area contributed by atoms with E-state index in [9.17, 15) is 0 Å². The second-order valence-corrected chi connectivity index (χ2v) is 8.88. The van der Waals surface area contributed by atoms with Crippen molar-refractivity contribution in [3.05, 3.63) is 102 Å². The molecule has 0 unspecified atom stereocenters. The van der Waals surface area contributed by atoms with E-state index in [0.717, 1.165) is 31.2 Å². The SMILES string of the molecule is Cc1nccn1CC[C@@H]1CCCCN1Cc1nc(C(c2ccccc2)c2ccccc2)no1. The quantitative estimate of drug-likeness (QED) is 0.376. The van der Waals surface area contributed by atoms with Gasteiger partial charge in [-0.1, -0.05) is 72.2 Å². The Bertz CT molecular complexity index is 1100. The van der Waals surface area contributed by atoms with Crippen molar-refractivity contribution in [2.45, 2.75) is 57.7 Å². The molecule has 1 saturated heterocycles. The first kappa shape index (κ1) is 21.6. The number of piperidine rings is 1. The first-order valence-electron chi connectivity index (χ1n) is 11.9. The van der Waals surface area contributed by atoms with Crippen molar-refractivity contribution in [3.63, 3.8) is 0 Å². The molecule has 1 fully saturated rings. The molecule has 0 radical (unpaired) electrons. The van der Waals surface area contributed by atoms with Crippen LogP contribution in [0.1, 0.15) is 60.3 Å². The molecule has 2 aromatic carbocycles. The molecule has 0 amide bonds. The fourth-order valence-electron chi connectivity index (χ4n) is 4.93. The van der Waals surface area contributed by atoms with Crippen molar-refractivity contribution >= 4 is 0 Å². The number of hydrogen-bond acceptors (Lipinski definition) is 5. The van der Waals surface area contributed by atoms with Crippen LogP contribution in [0.3, 0.4) is 0 Å². The molecule has 170 valence electrons. The van der Waals surface area contributed by atoms with Crippen LogP contribution >= 0.6 is 0 Å². The lowest BCUT2D eigenvalue weighted by atomic mass is 9.91. The molecule has 0 bridgehead atoms. The molecule has 0 N–H and O–H groups in total. The topological polar surface area (TPSA) is 60.0 Å². The summed E-state index contributed by atoms with van der Waals surface area (Å²) in [6.07, 6.45) is 8.77. The number of imidazole rings is 1. The molecule has 0 spiro atoms. The number of nitrogens with zero attached hydrogens (tertiary/aromatic N) is 5. The van der Waals surface area contributed by atoms with Gasteiger partial charge in [0.15, 0.2) is 5.82 Å². The average molecular weight is 442 g/mol.